The van der Waals surface area contributed by atoms with E-state index in [-0.39, 0.29) is 23.6 Å². The Balaban J connectivity index is 2.41. The van der Waals surface area contributed by atoms with Gasteiger partial charge in [-0.3, -0.25) is 19.2 Å². The molecule has 9 nitrogen and oxygen atoms in total. The molecule has 168 valence electrons. The summed E-state index contributed by atoms with van der Waals surface area (Å²) in [5.74, 6) is -0.964. The summed E-state index contributed by atoms with van der Waals surface area (Å²) < 4.78 is 1.67. The van der Waals surface area contributed by atoms with Gasteiger partial charge in [0.25, 0.3) is 11.8 Å². The van der Waals surface area contributed by atoms with Crippen LogP contribution in [0.2, 0.25) is 0 Å². The lowest BCUT2D eigenvalue weighted by Gasteiger charge is -2.08. The molecule has 0 aromatic carbocycles. The molecule has 1 rings (SSSR count). The van der Waals surface area contributed by atoms with Gasteiger partial charge < -0.3 is 21.3 Å². The van der Waals surface area contributed by atoms with E-state index in [1.807, 2.05) is 0 Å². The Kier molecular flexibility index (Phi) is 11.9. The van der Waals surface area contributed by atoms with Crippen LogP contribution in [0.25, 0.3) is 0 Å². The molecule has 0 aliphatic carbocycles. The highest BCUT2D eigenvalue weighted by atomic mass is 16.2. The van der Waals surface area contributed by atoms with E-state index in [9.17, 15) is 19.2 Å². The first-order valence-corrected chi connectivity index (χ1v) is 10.2. The number of aromatic nitrogens is 1. The van der Waals surface area contributed by atoms with Crippen molar-refractivity contribution in [2.45, 2.75) is 25.7 Å². The van der Waals surface area contributed by atoms with Gasteiger partial charge in [-0.15, -0.1) is 0 Å². The Morgan fingerprint density at radius 3 is 1.45 bits per heavy atom. The molecule has 1 aromatic heterocycles. The number of hydrogen-bond donors (Lipinski definition) is 4. The van der Waals surface area contributed by atoms with E-state index >= 15 is 0 Å². The van der Waals surface area contributed by atoms with Crippen molar-refractivity contribution in [1.29, 1.82) is 0 Å². The van der Waals surface area contributed by atoms with Gasteiger partial charge in [0.1, 0.15) is 18.2 Å². The molecule has 1 aromatic rings. The Hall–Kier alpha value is -3.49. The van der Waals surface area contributed by atoms with Gasteiger partial charge in [0, 0.05) is 26.2 Å². The van der Waals surface area contributed by atoms with Crippen molar-refractivity contribution in [2.75, 3.05) is 26.2 Å². The fourth-order valence-electron chi connectivity index (χ4n) is 2.64. The van der Waals surface area contributed by atoms with Crippen LogP contribution < -0.4 is 25.8 Å². The number of unbranched alkanes of at least 4 members (excludes halogenated alkanes) is 2. The molecule has 4 amide bonds. The molecule has 0 bridgehead atoms. The lowest BCUT2D eigenvalue weighted by Crippen LogP contribution is -2.35. The number of hydrogen-bond acceptors (Lipinski definition) is 4. The zero-order valence-electron chi connectivity index (χ0n) is 18.0. The topological polar surface area (TPSA) is 120 Å². The van der Waals surface area contributed by atoms with Gasteiger partial charge >= 0.3 is 0 Å². The predicted octanol–water partition coefficient (Wildman–Crippen LogP) is 0.136. The normalized spacial score (nSPS) is 9.97. The highest BCUT2D eigenvalue weighted by molar-refractivity contribution is 5.98. The van der Waals surface area contributed by atoms with Crippen LogP contribution in [0.4, 0.5) is 0 Å². The van der Waals surface area contributed by atoms with Gasteiger partial charge in [0.05, 0.1) is 0 Å². The molecule has 0 spiro atoms. The van der Waals surface area contributed by atoms with E-state index in [4.69, 9.17) is 0 Å². The summed E-state index contributed by atoms with van der Waals surface area (Å²) in [5, 5.41) is 11.0. The van der Waals surface area contributed by atoms with Crippen LogP contribution in [-0.2, 0) is 16.6 Å². The molecular formula is C22H32N5O4+. The van der Waals surface area contributed by atoms with E-state index in [1.54, 1.807) is 30.1 Å². The minimum atomic E-state index is -0.265. The fraction of sp³-hybridized carbons (Fsp3) is 0.409. The van der Waals surface area contributed by atoms with Crippen molar-refractivity contribution in [3.05, 3.63) is 54.9 Å². The van der Waals surface area contributed by atoms with Crippen molar-refractivity contribution in [1.82, 2.24) is 21.3 Å². The van der Waals surface area contributed by atoms with Crippen LogP contribution >= 0.6 is 0 Å². The monoisotopic (exact) mass is 430 g/mol. The molecule has 31 heavy (non-hydrogen) atoms. The van der Waals surface area contributed by atoms with E-state index in [2.05, 4.69) is 34.4 Å². The quantitative estimate of drug-likeness (QED) is 0.191. The molecule has 0 radical (unpaired) electrons. The predicted molar refractivity (Wildman–Crippen MR) is 117 cm³/mol. The zero-order valence-corrected chi connectivity index (χ0v) is 18.0. The first-order chi connectivity index (χ1) is 14.9. The van der Waals surface area contributed by atoms with E-state index < -0.39 is 0 Å². The van der Waals surface area contributed by atoms with Gasteiger partial charge in [0.15, 0.2) is 12.4 Å². The van der Waals surface area contributed by atoms with E-state index in [0.717, 1.165) is 12.8 Å². The molecule has 0 unspecified atom stereocenters. The average molecular weight is 431 g/mol. The zero-order chi connectivity index (χ0) is 23.1. The number of nitrogens with one attached hydrogen (secondary N) is 4. The number of nitrogens with zero attached hydrogens (tertiary/aromatic N) is 1. The van der Waals surface area contributed by atoms with Crippen LogP contribution in [-0.4, -0.2) is 49.8 Å². The van der Waals surface area contributed by atoms with Gasteiger partial charge in [-0.1, -0.05) is 13.2 Å². The second-order valence-electron chi connectivity index (χ2n) is 6.90. The molecule has 0 atom stereocenters. The minimum Gasteiger partial charge on any atom is -0.353 e. The van der Waals surface area contributed by atoms with Crippen LogP contribution in [0, 0.1) is 0 Å². The maximum atomic E-state index is 12.4. The summed E-state index contributed by atoms with van der Waals surface area (Å²) in [7, 11) is 1.75. The van der Waals surface area contributed by atoms with Crippen molar-refractivity contribution in [2.24, 2.45) is 7.05 Å². The van der Waals surface area contributed by atoms with Crippen molar-refractivity contribution >= 4 is 23.6 Å². The van der Waals surface area contributed by atoms with E-state index in [0.29, 0.717) is 50.1 Å². The van der Waals surface area contributed by atoms with Crippen molar-refractivity contribution in [3.8, 4) is 0 Å². The van der Waals surface area contributed by atoms with Gasteiger partial charge in [-0.2, -0.15) is 0 Å². The second-order valence-corrected chi connectivity index (χ2v) is 6.90. The highest BCUT2D eigenvalue weighted by Crippen LogP contribution is 2.02. The maximum absolute atomic E-state index is 12.4. The first kappa shape index (κ1) is 25.5. The standard InChI is InChI=1S/C22H31N5O4/c1-4-19(28)23-10-6-8-12-25-21(30)17-14-18(16-27(3)15-17)22(31)26-13-9-7-11-24-20(29)5-2/h4-5,14-16H,1-2,6-13H2,3H3,(H3-,23,24,25,26,28,29,30,31)/p+1. The van der Waals surface area contributed by atoms with Crippen LogP contribution in [0.1, 0.15) is 46.4 Å². The average Bonchev–Trinajstić information content (AvgIpc) is 2.77. The Labute approximate surface area is 183 Å². The highest BCUT2D eigenvalue weighted by Gasteiger charge is 2.16. The third kappa shape index (κ3) is 10.7. The van der Waals surface area contributed by atoms with Crippen LogP contribution in [0.5, 0.6) is 0 Å². The minimum absolute atomic E-state index is 0.217. The lowest BCUT2D eigenvalue weighted by atomic mass is 10.1. The molecule has 0 saturated carbocycles. The molecule has 0 fully saturated rings. The number of carbonyl (C=O) groups is 4. The molecule has 9 heteroatoms. The molecule has 0 saturated heterocycles. The number of pyridine rings is 1. The second kappa shape index (κ2) is 14.5. The fourth-order valence-corrected chi connectivity index (χ4v) is 2.64. The third-order valence-corrected chi connectivity index (χ3v) is 4.27. The van der Waals surface area contributed by atoms with Crippen LogP contribution in [0.3, 0.4) is 0 Å². The SMILES string of the molecule is C=CC(=O)NCCCCNC(=O)c1cc(C(=O)NCCCCNC(=O)C=C)c[n+](C)c1. The largest absolute Gasteiger partial charge is 0.353 e. The van der Waals surface area contributed by atoms with Crippen molar-refractivity contribution < 1.29 is 23.7 Å². The molecule has 0 aliphatic heterocycles. The summed E-state index contributed by atoms with van der Waals surface area (Å²) in [6.45, 7) is 8.73. The Morgan fingerprint density at radius 1 is 0.742 bits per heavy atom. The first-order valence-electron chi connectivity index (χ1n) is 10.2. The summed E-state index contributed by atoms with van der Waals surface area (Å²) >= 11 is 0. The number of rotatable bonds is 14. The Bertz CT molecular complexity index is 745. The van der Waals surface area contributed by atoms with Crippen molar-refractivity contribution in [3.63, 3.8) is 0 Å². The molecule has 1 heterocycles. The lowest BCUT2D eigenvalue weighted by molar-refractivity contribution is -0.671. The summed E-state index contributed by atoms with van der Waals surface area (Å²) in [6.07, 6.45) is 8.62. The van der Waals surface area contributed by atoms with E-state index in [1.165, 1.54) is 12.2 Å². The molecule has 4 N–H and O–H groups in total. The Morgan fingerprint density at radius 2 is 1.10 bits per heavy atom. The summed E-state index contributed by atoms with van der Waals surface area (Å²) in [5.41, 5.74) is 0.782. The van der Waals surface area contributed by atoms with Gasteiger partial charge in [0.2, 0.25) is 11.8 Å². The number of aryl methyl sites for hydroxylation is 1. The summed E-state index contributed by atoms with van der Waals surface area (Å²) in [4.78, 5) is 46.9. The van der Waals surface area contributed by atoms with Gasteiger partial charge in [-0.05, 0) is 43.9 Å². The summed E-state index contributed by atoms with van der Waals surface area (Å²) in [6, 6.07) is 1.55. The number of amides is 4. The molecular weight excluding hydrogens is 398 g/mol. The number of carbonyl (C=O) groups excluding carboxylic acids is 4. The maximum Gasteiger partial charge on any atom is 0.257 e. The van der Waals surface area contributed by atoms with Gasteiger partial charge in [-0.25, -0.2) is 4.57 Å². The third-order valence-electron chi connectivity index (χ3n) is 4.27. The smallest absolute Gasteiger partial charge is 0.257 e. The van der Waals surface area contributed by atoms with Crippen LogP contribution in [0.15, 0.2) is 43.8 Å². The molecule has 0 aliphatic rings.